The van der Waals surface area contributed by atoms with Crippen LogP contribution in [0.1, 0.15) is 12.8 Å². The largest absolute Gasteiger partial charge is 0.479 e. The Hall–Kier alpha value is -3.17. The molecule has 150 valence electrons. The molecule has 0 unspecified atom stereocenters. The van der Waals surface area contributed by atoms with Crippen molar-refractivity contribution in [2.45, 2.75) is 25.0 Å². The van der Waals surface area contributed by atoms with E-state index in [0.29, 0.717) is 18.4 Å². The third-order valence-electron chi connectivity index (χ3n) is 5.25. The van der Waals surface area contributed by atoms with Gasteiger partial charge in [-0.25, -0.2) is 9.50 Å². The minimum Gasteiger partial charge on any atom is -0.479 e. The van der Waals surface area contributed by atoms with Gasteiger partial charge in [0.15, 0.2) is 0 Å². The van der Waals surface area contributed by atoms with E-state index in [2.05, 4.69) is 20.4 Å². The number of ether oxygens (including phenoxy) is 2. The van der Waals surface area contributed by atoms with E-state index in [9.17, 15) is 0 Å². The van der Waals surface area contributed by atoms with E-state index >= 15 is 0 Å². The Morgan fingerprint density at radius 1 is 1.24 bits per heavy atom. The zero-order valence-corrected chi connectivity index (χ0v) is 16.0. The first-order valence-electron chi connectivity index (χ1n) is 9.60. The van der Waals surface area contributed by atoms with Crippen molar-refractivity contribution >= 4 is 17.1 Å². The van der Waals surface area contributed by atoms with E-state index in [0.717, 1.165) is 35.1 Å². The molecule has 0 saturated heterocycles. The number of aromatic nitrogens is 5. The van der Waals surface area contributed by atoms with Crippen molar-refractivity contribution in [1.82, 2.24) is 24.0 Å². The number of hydrogen-bond acceptors (Lipinski definition) is 7. The number of pyridine rings is 1. The van der Waals surface area contributed by atoms with Crippen LogP contribution in [0, 0.1) is 0 Å². The standard InChI is InChI=1S/C20H22N6O3/c1-28-19-18-16(13-2-3-17-21-5-7-25(17)12-13)4-6-26(18)24-20(23-19)22-14-10-15(11-14)29-9-8-27/h2-7,12,14-15,27H,8-11H2,1H3,(H,22,24). The number of rotatable bonds is 7. The Bertz CT molecular complexity index is 1150. The molecule has 0 spiro atoms. The molecule has 0 bridgehead atoms. The van der Waals surface area contributed by atoms with Gasteiger partial charge in [0.2, 0.25) is 11.8 Å². The highest BCUT2D eigenvalue weighted by Crippen LogP contribution is 2.32. The normalized spacial score (nSPS) is 18.8. The number of methoxy groups -OCH3 is 1. The fraction of sp³-hybridized carbons (Fsp3) is 0.350. The van der Waals surface area contributed by atoms with Crippen LogP contribution in [-0.2, 0) is 4.74 Å². The minimum atomic E-state index is 0.0509. The second-order valence-corrected chi connectivity index (χ2v) is 7.11. The zero-order valence-electron chi connectivity index (χ0n) is 16.0. The van der Waals surface area contributed by atoms with E-state index in [4.69, 9.17) is 14.6 Å². The smallest absolute Gasteiger partial charge is 0.244 e. The van der Waals surface area contributed by atoms with Crippen LogP contribution >= 0.6 is 0 Å². The summed E-state index contributed by atoms with van der Waals surface area (Å²) in [5.74, 6) is 1.04. The molecule has 1 aliphatic carbocycles. The summed E-state index contributed by atoms with van der Waals surface area (Å²) in [7, 11) is 1.62. The van der Waals surface area contributed by atoms with Crippen molar-refractivity contribution in [3.8, 4) is 17.0 Å². The maximum absolute atomic E-state index is 8.84. The number of hydrogen-bond donors (Lipinski definition) is 2. The SMILES string of the molecule is COc1nc(NC2CC(OCCO)C2)nn2ccc(-c3ccc4nccn4c3)c12. The monoisotopic (exact) mass is 394 g/mol. The Morgan fingerprint density at radius 3 is 2.97 bits per heavy atom. The maximum Gasteiger partial charge on any atom is 0.244 e. The molecule has 1 saturated carbocycles. The molecule has 4 aromatic heterocycles. The van der Waals surface area contributed by atoms with Crippen LogP contribution in [-0.4, -0.2) is 61.6 Å². The molecule has 0 amide bonds. The lowest BCUT2D eigenvalue weighted by atomic mass is 9.89. The lowest BCUT2D eigenvalue weighted by Crippen LogP contribution is -2.41. The van der Waals surface area contributed by atoms with Gasteiger partial charge in [0.25, 0.3) is 0 Å². The topological polar surface area (TPSA) is 98.2 Å². The van der Waals surface area contributed by atoms with Gasteiger partial charge in [0.1, 0.15) is 11.2 Å². The van der Waals surface area contributed by atoms with E-state index in [1.807, 2.05) is 41.2 Å². The molecule has 4 aromatic rings. The molecule has 2 N–H and O–H groups in total. The Labute approximate surface area is 166 Å². The lowest BCUT2D eigenvalue weighted by Gasteiger charge is -2.35. The minimum absolute atomic E-state index is 0.0509. The van der Waals surface area contributed by atoms with E-state index in [1.165, 1.54) is 0 Å². The summed E-state index contributed by atoms with van der Waals surface area (Å²) in [4.78, 5) is 8.86. The van der Waals surface area contributed by atoms with E-state index in [-0.39, 0.29) is 18.8 Å². The average molecular weight is 394 g/mol. The number of imidazole rings is 1. The molecular formula is C20H22N6O3. The van der Waals surface area contributed by atoms with Crippen molar-refractivity contribution in [3.05, 3.63) is 43.0 Å². The maximum atomic E-state index is 8.84. The van der Waals surface area contributed by atoms with E-state index < -0.39 is 0 Å². The summed E-state index contributed by atoms with van der Waals surface area (Å²) in [6.45, 7) is 0.431. The Balaban J connectivity index is 1.42. The van der Waals surface area contributed by atoms with Gasteiger partial charge in [-0.1, -0.05) is 0 Å². The Morgan fingerprint density at radius 2 is 2.14 bits per heavy atom. The van der Waals surface area contributed by atoms with Gasteiger partial charge in [-0.15, -0.1) is 5.10 Å². The number of nitrogens with zero attached hydrogens (tertiary/aromatic N) is 5. The summed E-state index contributed by atoms with van der Waals surface area (Å²) in [6, 6.07) is 6.27. The second kappa shape index (κ2) is 7.34. The Kier molecular flexibility index (Phi) is 4.53. The first-order valence-corrected chi connectivity index (χ1v) is 9.60. The summed E-state index contributed by atoms with van der Waals surface area (Å²) < 4.78 is 14.9. The summed E-state index contributed by atoms with van der Waals surface area (Å²) in [5, 5.41) is 16.8. The van der Waals surface area contributed by atoms with Crippen LogP contribution in [0.3, 0.4) is 0 Å². The molecule has 9 nitrogen and oxygen atoms in total. The fourth-order valence-corrected chi connectivity index (χ4v) is 3.73. The molecule has 0 radical (unpaired) electrons. The van der Waals surface area contributed by atoms with Gasteiger partial charge < -0.3 is 24.3 Å². The fourth-order valence-electron chi connectivity index (χ4n) is 3.73. The highest BCUT2D eigenvalue weighted by Gasteiger charge is 2.30. The van der Waals surface area contributed by atoms with Crippen molar-refractivity contribution < 1.29 is 14.6 Å². The van der Waals surface area contributed by atoms with Crippen LogP contribution < -0.4 is 10.1 Å². The second-order valence-electron chi connectivity index (χ2n) is 7.11. The van der Waals surface area contributed by atoms with Crippen molar-refractivity contribution in [2.24, 2.45) is 0 Å². The molecule has 1 fully saturated rings. The molecular weight excluding hydrogens is 372 g/mol. The van der Waals surface area contributed by atoms with Gasteiger partial charge in [0.05, 0.1) is 26.4 Å². The van der Waals surface area contributed by atoms with Crippen LogP contribution in [0.4, 0.5) is 5.95 Å². The average Bonchev–Trinajstić information content (AvgIpc) is 3.35. The number of anilines is 1. The highest BCUT2D eigenvalue weighted by atomic mass is 16.5. The van der Waals surface area contributed by atoms with Gasteiger partial charge in [0, 0.05) is 42.0 Å². The molecule has 29 heavy (non-hydrogen) atoms. The summed E-state index contributed by atoms with van der Waals surface area (Å²) in [5.41, 5.74) is 3.73. The van der Waals surface area contributed by atoms with E-state index in [1.54, 1.807) is 17.8 Å². The van der Waals surface area contributed by atoms with Gasteiger partial charge in [-0.2, -0.15) is 4.98 Å². The third-order valence-corrected chi connectivity index (χ3v) is 5.25. The number of fused-ring (bicyclic) bond motifs is 2. The van der Waals surface area contributed by atoms with Crippen molar-refractivity contribution in [1.29, 1.82) is 0 Å². The number of nitrogens with one attached hydrogen (secondary N) is 1. The quantitative estimate of drug-likeness (QED) is 0.495. The van der Waals surface area contributed by atoms with Crippen LogP contribution in [0.15, 0.2) is 43.0 Å². The number of aliphatic hydroxyl groups excluding tert-OH is 1. The highest BCUT2D eigenvalue weighted by molar-refractivity contribution is 5.84. The van der Waals surface area contributed by atoms with Gasteiger partial charge in [-0.3, -0.25) is 0 Å². The van der Waals surface area contributed by atoms with Crippen molar-refractivity contribution in [3.63, 3.8) is 0 Å². The lowest BCUT2D eigenvalue weighted by molar-refractivity contribution is -0.0196. The van der Waals surface area contributed by atoms with Crippen LogP contribution in [0.5, 0.6) is 5.88 Å². The predicted molar refractivity (Wildman–Crippen MR) is 107 cm³/mol. The van der Waals surface area contributed by atoms with Crippen molar-refractivity contribution in [2.75, 3.05) is 25.6 Å². The van der Waals surface area contributed by atoms with Gasteiger partial charge in [-0.05, 0) is 31.0 Å². The number of aliphatic hydroxyl groups is 1. The molecule has 0 atom stereocenters. The predicted octanol–water partition coefficient (Wildman–Crippen LogP) is 2.00. The molecule has 0 aromatic carbocycles. The zero-order chi connectivity index (χ0) is 19.8. The summed E-state index contributed by atoms with van der Waals surface area (Å²) >= 11 is 0. The molecule has 9 heteroatoms. The molecule has 1 aliphatic rings. The first kappa shape index (κ1) is 17.9. The molecule has 4 heterocycles. The first-order chi connectivity index (χ1) is 14.2. The van der Waals surface area contributed by atoms with Crippen LogP contribution in [0.2, 0.25) is 0 Å². The molecule has 0 aliphatic heterocycles. The third kappa shape index (κ3) is 3.28. The van der Waals surface area contributed by atoms with Gasteiger partial charge >= 0.3 is 0 Å². The summed E-state index contributed by atoms with van der Waals surface area (Å²) in [6.07, 6.45) is 9.55. The molecule has 5 rings (SSSR count). The van der Waals surface area contributed by atoms with Crippen LogP contribution in [0.25, 0.3) is 22.3 Å².